The minimum atomic E-state index is -1.18. The molecule has 32 heavy (non-hydrogen) atoms. The SMILES string of the molecule is CN1C(=O)/C(=C/c2ccc(-c3ccc(Cl)c(C(=O)O)c3)o2)C(=O)N(c2ccccc2)C1=O. The summed E-state index contributed by atoms with van der Waals surface area (Å²) in [6.45, 7) is 0. The fraction of sp³-hybridized carbons (Fsp3) is 0.0435. The summed E-state index contributed by atoms with van der Waals surface area (Å²) in [5, 5.41) is 9.33. The number of benzene rings is 2. The van der Waals surface area contributed by atoms with Crippen LogP contribution in [-0.2, 0) is 9.59 Å². The predicted molar refractivity (Wildman–Crippen MR) is 116 cm³/mol. The number of rotatable bonds is 4. The summed E-state index contributed by atoms with van der Waals surface area (Å²) in [6, 6.07) is 15.0. The number of amides is 4. The van der Waals surface area contributed by atoms with Gasteiger partial charge in [-0.25, -0.2) is 14.5 Å². The Kier molecular flexibility index (Phi) is 5.38. The van der Waals surface area contributed by atoms with Gasteiger partial charge in [-0.2, -0.15) is 0 Å². The van der Waals surface area contributed by atoms with Crippen LogP contribution >= 0.6 is 11.6 Å². The zero-order valence-corrected chi connectivity index (χ0v) is 17.4. The van der Waals surface area contributed by atoms with E-state index in [0.29, 0.717) is 17.0 Å². The molecule has 2 heterocycles. The number of carboxylic acids is 1. The Morgan fingerprint density at radius 3 is 2.41 bits per heavy atom. The largest absolute Gasteiger partial charge is 0.478 e. The van der Waals surface area contributed by atoms with Crippen LogP contribution in [0.5, 0.6) is 0 Å². The molecule has 9 heteroatoms. The smallest absolute Gasteiger partial charge is 0.338 e. The number of urea groups is 1. The van der Waals surface area contributed by atoms with E-state index in [-0.39, 0.29) is 21.9 Å². The Balaban J connectivity index is 1.71. The number of para-hydroxylation sites is 1. The average Bonchev–Trinajstić information content (AvgIpc) is 3.25. The number of anilines is 1. The molecule has 1 aliphatic rings. The lowest BCUT2D eigenvalue weighted by Crippen LogP contribution is -2.55. The fourth-order valence-electron chi connectivity index (χ4n) is 3.21. The molecule has 2 aromatic carbocycles. The van der Waals surface area contributed by atoms with E-state index in [1.165, 1.54) is 31.3 Å². The van der Waals surface area contributed by atoms with Crippen LogP contribution in [0.1, 0.15) is 16.1 Å². The standard InChI is InChI=1S/C23H15ClN2O6/c1-25-20(27)17(21(28)26(23(25)31)14-5-3-2-4-6-14)12-15-8-10-19(32-15)13-7-9-18(24)16(11-13)22(29)30/h2-12H,1H3,(H,29,30)/b17-12-. The first kappa shape index (κ1) is 21.1. The molecule has 0 radical (unpaired) electrons. The van der Waals surface area contributed by atoms with Crippen LogP contribution in [0.3, 0.4) is 0 Å². The van der Waals surface area contributed by atoms with E-state index >= 15 is 0 Å². The Morgan fingerprint density at radius 2 is 1.72 bits per heavy atom. The number of furan rings is 1. The lowest BCUT2D eigenvalue weighted by Gasteiger charge is -2.31. The average molecular weight is 451 g/mol. The number of likely N-dealkylation sites (N-methyl/N-ethyl adjacent to an activating group) is 1. The Morgan fingerprint density at radius 1 is 1.00 bits per heavy atom. The molecule has 4 amide bonds. The summed E-state index contributed by atoms with van der Waals surface area (Å²) in [4.78, 5) is 51.3. The quantitative estimate of drug-likeness (QED) is 0.468. The summed E-state index contributed by atoms with van der Waals surface area (Å²) < 4.78 is 5.71. The van der Waals surface area contributed by atoms with Crippen LogP contribution in [0, 0.1) is 0 Å². The lowest BCUT2D eigenvalue weighted by molar-refractivity contribution is -0.128. The molecular formula is C23H15ClN2O6. The first-order valence-corrected chi connectivity index (χ1v) is 9.72. The van der Waals surface area contributed by atoms with Crippen molar-refractivity contribution in [1.29, 1.82) is 0 Å². The van der Waals surface area contributed by atoms with Gasteiger partial charge in [-0.3, -0.25) is 14.5 Å². The van der Waals surface area contributed by atoms with Gasteiger partial charge >= 0.3 is 12.0 Å². The molecule has 0 unspecified atom stereocenters. The van der Waals surface area contributed by atoms with Crippen LogP contribution in [0.25, 0.3) is 17.4 Å². The second-order valence-corrected chi connectivity index (χ2v) is 7.29. The number of aromatic carboxylic acids is 1. The lowest BCUT2D eigenvalue weighted by atomic mass is 10.1. The second-order valence-electron chi connectivity index (χ2n) is 6.88. The molecule has 4 rings (SSSR count). The highest BCUT2D eigenvalue weighted by molar-refractivity contribution is 6.39. The van der Waals surface area contributed by atoms with Crippen LogP contribution in [0.15, 0.2) is 70.7 Å². The van der Waals surface area contributed by atoms with Crippen molar-refractivity contribution in [3.05, 3.63) is 82.6 Å². The number of nitrogens with zero attached hydrogens (tertiary/aromatic N) is 2. The molecule has 160 valence electrons. The molecule has 0 bridgehead atoms. The van der Waals surface area contributed by atoms with E-state index in [1.807, 2.05) is 0 Å². The molecular weight excluding hydrogens is 436 g/mol. The van der Waals surface area contributed by atoms with Gasteiger partial charge in [0.1, 0.15) is 17.1 Å². The zero-order valence-electron chi connectivity index (χ0n) is 16.6. The number of hydrogen-bond donors (Lipinski definition) is 1. The van der Waals surface area contributed by atoms with Gasteiger partial charge in [0, 0.05) is 12.6 Å². The van der Waals surface area contributed by atoms with Gasteiger partial charge in [-0.15, -0.1) is 0 Å². The minimum absolute atomic E-state index is 0.0854. The van der Waals surface area contributed by atoms with Crippen LogP contribution in [0.4, 0.5) is 10.5 Å². The maximum absolute atomic E-state index is 13.0. The fourth-order valence-corrected chi connectivity index (χ4v) is 3.41. The molecule has 3 aromatic rings. The third-order valence-corrected chi connectivity index (χ3v) is 5.19. The van der Waals surface area contributed by atoms with Crippen molar-refractivity contribution in [3.63, 3.8) is 0 Å². The van der Waals surface area contributed by atoms with E-state index < -0.39 is 23.8 Å². The van der Waals surface area contributed by atoms with Crippen molar-refractivity contribution >= 4 is 47.2 Å². The minimum Gasteiger partial charge on any atom is -0.478 e. The number of carbonyl (C=O) groups is 4. The van der Waals surface area contributed by atoms with Gasteiger partial charge in [0.2, 0.25) is 0 Å². The van der Waals surface area contributed by atoms with Gasteiger partial charge < -0.3 is 9.52 Å². The number of carboxylic acid groups (broad SMARTS) is 1. The molecule has 0 spiro atoms. The molecule has 1 fully saturated rings. The molecule has 8 nitrogen and oxygen atoms in total. The highest BCUT2D eigenvalue weighted by Gasteiger charge is 2.41. The number of carbonyl (C=O) groups excluding carboxylic acids is 3. The number of hydrogen-bond acceptors (Lipinski definition) is 5. The van der Waals surface area contributed by atoms with Crippen molar-refractivity contribution in [2.24, 2.45) is 0 Å². The van der Waals surface area contributed by atoms with Crippen LogP contribution in [-0.4, -0.2) is 40.9 Å². The molecule has 1 aromatic heterocycles. The molecule has 0 aliphatic carbocycles. The third kappa shape index (κ3) is 3.67. The van der Waals surface area contributed by atoms with Crippen molar-refractivity contribution in [1.82, 2.24) is 4.90 Å². The van der Waals surface area contributed by atoms with Crippen molar-refractivity contribution in [2.75, 3.05) is 11.9 Å². The van der Waals surface area contributed by atoms with Crippen molar-refractivity contribution in [3.8, 4) is 11.3 Å². The van der Waals surface area contributed by atoms with Crippen LogP contribution < -0.4 is 4.90 Å². The number of barbiturate groups is 1. The van der Waals surface area contributed by atoms with Crippen LogP contribution in [0.2, 0.25) is 5.02 Å². The second kappa shape index (κ2) is 8.16. The highest BCUT2D eigenvalue weighted by atomic mass is 35.5. The normalized spacial score (nSPS) is 15.6. The maximum atomic E-state index is 13.0. The molecule has 1 saturated heterocycles. The third-order valence-electron chi connectivity index (χ3n) is 4.86. The summed E-state index contributed by atoms with van der Waals surface area (Å²) in [5.41, 5.74) is 0.446. The van der Waals surface area contributed by atoms with Gasteiger partial charge in [0.15, 0.2) is 0 Å². The summed E-state index contributed by atoms with van der Waals surface area (Å²) in [6.07, 6.45) is 1.25. The molecule has 1 N–H and O–H groups in total. The Bertz CT molecular complexity index is 1290. The van der Waals surface area contributed by atoms with E-state index in [0.717, 1.165) is 9.80 Å². The van der Waals surface area contributed by atoms with E-state index in [4.69, 9.17) is 16.0 Å². The zero-order chi connectivity index (χ0) is 23.0. The van der Waals surface area contributed by atoms with E-state index in [2.05, 4.69) is 0 Å². The van der Waals surface area contributed by atoms with E-state index in [1.54, 1.807) is 42.5 Å². The first-order valence-electron chi connectivity index (χ1n) is 9.34. The highest BCUT2D eigenvalue weighted by Crippen LogP contribution is 2.29. The summed E-state index contributed by atoms with van der Waals surface area (Å²) in [7, 11) is 1.29. The summed E-state index contributed by atoms with van der Waals surface area (Å²) in [5.74, 6) is -2.22. The number of halogens is 1. The first-order chi connectivity index (χ1) is 15.3. The van der Waals surface area contributed by atoms with Gasteiger partial charge in [-0.1, -0.05) is 29.8 Å². The Hall–Kier alpha value is -4.17. The maximum Gasteiger partial charge on any atom is 0.338 e. The van der Waals surface area contributed by atoms with Gasteiger partial charge in [-0.05, 0) is 48.5 Å². The monoisotopic (exact) mass is 450 g/mol. The van der Waals surface area contributed by atoms with Crippen molar-refractivity contribution in [2.45, 2.75) is 0 Å². The predicted octanol–water partition coefficient (Wildman–Crippen LogP) is 4.31. The van der Waals surface area contributed by atoms with Crippen molar-refractivity contribution < 1.29 is 28.7 Å². The number of imide groups is 2. The Labute approximate surface area is 186 Å². The molecule has 0 saturated carbocycles. The topological polar surface area (TPSA) is 108 Å². The molecule has 1 aliphatic heterocycles. The van der Waals surface area contributed by atoms with Gasteiger partial charge in [0.05, 0.1) is 16.3 Å². The molecule has 0 atom stereocenters. The van der Waals surface area contributed by atoms with E-state index in [9.17, 15) is 24.3 Å². The summed E-state index contributed by atoms with van der Waals surface area (Å²) >= 11 is 5.90. The van der Waals surface area contributed by atoms with Gasteiger partial charge in [0.25, 0.3) is 11.8 Å².